The molecule has 0 saturated carbocycles. The van der Waals surface area contributed by atoms with E-state index in [1.54, 1.807) is 6.92 Å². The molecule has 0 aromatic carbocycles. The molecule has 2 aliphatic heterocycles. The largest absolute Gasteiger partial charge is 0.375 e. The number of morpholine rings is 1. The normalized spacial score (nSPS) is 25.8. The van der Waals surface area contributed by atoms with Crippen LogP contribution in [0.2, 0.25) is 0 Å². The van der Waals surface area contributed by atoms with Crippen molar-refractivity contribution in [2.75, 3.05) is 39.3 Å². The molecule has 1 amide bonds. The van der Waals surface area contributed by atoms with E-state index in [0.29, 0.717) is 44.7 Å². The van der Waals surface area contributed by atoms with Crippen molar-refractivity contribution in [2.24, 2.45) is 0 Å². The summed E-state index contributed by atoms with van der Waals surface area (Å²) in [4.78, 5) is 20.8. The van der Waals surface area contributed by atoms with Gasteiger partial charge < -0.3 is 19.5 Å². The Hall–Kier alpha value is -1.51. The number of nitrogens with one attached hydrogen (secondary N) is 1. The van der Waals surface area contributed by atoms with E-state index in [1.807, 2.05) is 11.8 Å². The van der Waals surface area contributed by atoms with Crippen LogP contribution in [0.4, 0.5) is 0 Å². The van der Waals surface area contributed by atoms with Crippen LogP contribution in [0.25, 0.3) is 0 Å². The van der Waals surface area contributed by atoms with Crippen molar-refractivity contribution in [3.05, 3.63) is 11.7 Å². The number of piperidine rings is 1. The first kappa shape index (κ1) is 17.3. The SMILES string of the molecule is Cc1nc(CN2CCCC(NCC(=O)N3CCOC(C)C3)C2)no1. The Balaban J connectivity index is 1.42. The molecular formula is C16H27N5O3. The van der Waals surface area contributed by atoms with E-state index < -0.39 is 0 Å². The lowest BCUT2D eigenvalue weighted by atomic mass is 10.1. The zero-order valence-electron chi connectivity index (χ0n) is 14.5. The first-order chi connectivity index (χ1) is 11.6. The molecule has 2 unspecified atom stereocenters. The van der Waals surface area contributed by atoms with Crippen LogP contribution in [0, 0.1) is 6.92 Å². The van der Waals surface area contributed by atoms with Gasteiger partial charge in [-0.3, -0.25) is 9.69 Å². The molecule has 2 aliphatic rings. The summed E-state index contributed by atoms with van der Waals surface area (Å²) in [6.07, 6.45) is 2.33. The smallest absolute Gasteiger partial charge is 0.236 e. The van der Waals surface area contributed by atoms with Gasteiger partial charge >= 0.3 is 0 Å². The van der Waals surface area contributed by atoms with Crippen molar-refractivity contribution >= 4 is 5.91 Å². The minimum atomic E-state index is 0.131. The second-order valence-corrected chi connectivity index (χ2v) is 6.71. The van der Waals surface area contributed by atoms with E-state index in [9.17, 15) is 4.79 Å². The molecule has 24 heavy (non-hydrogen) atoms. The summed E-state index contributed by atoms with van der Waals surface area (Å²) in [6, 6.07) is 0.328. The highest BCUT2D eigenvalue weighted by Gasteiger charge is 2.24. The molecule has 3 heterocycles. The van der Waals surface area contributed by atoms with E-state index in [0.717, 1.165) is 31.8 Å². The maximum absolute atomic E-state index is 12.3. The van der Waals surface area contributed by atoms with Gasteiger partial charge in [-0.1, -0.05) is 5.16 Å². The number of rotatable bonds is 5. The fraction of sp³-hybridized carbons (Fsp3) is 0.812. The highest BCUT2D eigenvalue weighted by molar-refractivity contribution is 5.78. The van der Waals surface area contributed by atoms with Crippen LogP contribution in [0.5, 0.6) is 0 Å². The molecule has 1 N–H and O–H groups in total. The van der Waals surface area contributed by atoms with Crippen LogP contribution in [0.1, 0.15) is 31.5 Å². The fourth-order valence-electron chi connectivity index (χ4n) is 3.36. The van der Waals surface area contributed by atoms with Crippen LogP contribution in [0.3, 0.4) is 0 Å². The highest BCUT2D eigenvalue weighted by Crippen LogP contribution is 2.13. The van der Waals surface area contributed by atoms with Crippen LogP contribution < -0.4 is 5.32 Å². The predicted molar refractivity (Wildman–Crippen MR) is 87.3 cm³/mol. The molecule has 1 aromatic rings. The topological polar surface area (TPSA) is 83.7 Å². The Kier molecular flexibility index (Phi) is 5.80. The van der Waals surface area contributed by atoms with Gasteiger partial charge in [0.25, 0.3) is 0 Å². The van der Waals surface area contributed by atoms with E-state index >= 15 is 0 Å². The lowest BCUT2D eigenvalue weighted by Gasteiger charge is -2.34. The quantitative estimate of drug-likeness (QED) is 0.820. The molecule has 2 saturated heterocycles. The number of amides is 1. The number of carbonyl (C=O) groups is 1. The third-order valence-electron chi connectivity index (χ3n) is 4.58. The molecule has 8 nitrogen and oxygen atoms in total. The first-order valence-corrected chi connectivity index (χ1v) is 8.74. The summed E-state index contributed by atoms with van der Waals surface area (Å²) in [7, 11) is 0. The molecule has 1 aromatic heterocycles. The standard InChI is InChI=1S/C16H27N5O3/c1-12-9-21(6-7-23-12)16(22)8-17-14-4-3-5-20(10-14)11-15-18-13(2)24-19-15/h12,14,17H,3-11H2,1-2H3. The van der Waals surface area contributed by atoms with Gasteiger partial charge in [-0.25, -0.2) is 0 Å². The highest BCUT2D eigenvalue weighted by atomic mass is 16.5. The van der Waals surface area contributed by atoms with Crippen molar-refractivity contribution in [3.8, 4) is 0 Å². The number of hydrogen-bond donors (Lipinski definition) is 1. The van der Waals surface area contributed by atoms with Crippen molar-refractivity contribution in [1.29, 1.82) is 0 Å². The Labute approximate surface area is 142 Å². The lowest BCUT2D eigenvalue weighted by molar-refractivity contribution is -0.137. The van der Waals surface area contributed by atoms with Gasteiger partial charge in [0.15, 0.2) is 5.82 Å². The third-order valence-corrected chi connectivity index (χ3v) is 4.58. The molecule has 0 spiro atoms. The number of likely N-dealkylation sites (tertiary alicyclic amines) is 1. The van der Waals surface area contributed by atoms with E-state index in [4.69, 9.17) is 9.26 Å². The Morgan fingerprint density at radius 2 is 2.25 bits per heavy atom. The minimum absolute atomic E-state index is 0.131. The van der Waals surface area contributed by atoms with Crippen molar-refractivity contribution in [1.82, 2.24) is 25.3 Å². The molecular weight excluding hydrogens is 310 g/mol. The lowest BCUT2D eigenvalue weighted by Crippen LogP contribution is -2.51. The monoisotopic (exact) mass is 337 g/mol. The summed E-state index contributed by atoms with van der Waals surface area (Å²) in [5.41, 5.74) is 0. The van der Waals surface area contributed by atoms with Gasteiger partial charge in [0.1, 0.15) is 0 Å². The number of carbonyl (C=O) groups excluding carboxylic acids is 1. The molecule has 2 atom stereocenters. The Morgan fingerprint density at radius 1 is 1.38 bits per heavy atom. The maximum Gasteiger partial charge on any atom is 0.236 e. The van der Waals surface area contributed by atoms with Crippen molar-refractivity contribution in [2.45, 2.75) is 45.4 Å². The predicted octanol–water partition coefficient (Wildman–Crippen LogP) is 0.179. The Bertz CT molecular complexity index is 550. The zero-order chi connectivity index (χ0) is 16.9. The number of ether oxygens (including phenoxy) is 1. The number of aryl methyl sites for hydroxylation is 1. The van der Waals surface area contributed by atoms with Crippen molar-refractivity contribution < 1.29 is 14.1 Å². The van der Waals surface area contributed by atoms with E-state index in [-0.39, 0.29) is 12.0 Å². The number of aromatic nitrogens is 2. The van der Waals surface area contributed by atoms with Gasteiger partial charge in [0, 0.05) is 32.6 Å². The van der Waals surface area contributed by atoms with Gasteiger partial charge in [0.2, 0.25) is 11.8 Å². The van der Waals surface area contributed by atoms with Crippen LogP contribution in [-0.4, -0.2) is 77.3 Å². The van der Waals surface area contributed by atoms with Gasteiger partial charge in [0.05, 0.1) is 25.8 Å². The second kappa shape index (κ2) is 8.04. The van der Waals surface area contributed by atoms with E-state index in [2.05, 4.69) is 20.4 Å². The van der Waals surface area contributed by atoms with Crippen LogP contribution >= 0.6 is 0 Å². The van der Waals surface area contributed by atoms with Gasteiger partial charge in [-0.2, -0.15) is 4.98 Å². The average Bonchev–Trinajstić information content (AvgIpc) is 2.98. The molecule has 0 bridgehead atoms. The van der Waals surface area contributed by atoms with Crippen LogP contribution in [-0.2, 0) is 16.1 Å². The first-order valence-electron chi connectivity index (χ1n) is 8.74. The van der Waals surface area contributed by atoms with Gasteiger partial charge in [-0.15, -0.1) is 0 Å². The Morgan fingerprint density at radius 3 is 3.00 bits per heavy atom. The molecule has 0 aliphatic carbocycles. The van der Waals surface area contributed by atoms with Crippen molar-refractivity contribution in [3.63, 3.8) is 0 Å². The zero-order valence-corrected chi connectivity index (χ0v) is 14.5. The molecule has 8 heteroatoms. The van der Waals surface area contributed by atoms with E-state index in [1.165, 1.54) is 0 Å². The fourth-order valence-corrected chi connectivity index (χ4v) is 3.36. The summed E-state index contributed by atoms with van der Waals surface area (Å²) in [5.74, 6) is 1.49. The second-order valence-electron chi connectivity index (χ2n) is 6.71. The molecule has 0 radical (unpaired) electrons. The van der Waals surface area contributed by atoms with Gasteiger partial charge in [-0.05, 0) is 26.3 Å². The summed E-state index contributed by atoms with van der Waals surface area (Å²) >= 11 is 0. The third kappa shape index (κ3) is 4.75. The molecule has 134 valence electrons. The average molecular weight is 337 g/mol. The maximum atomic E-state index is 12.3. The summed E-state index contributed by atoms with van der Waals surface area (Å²) < 4.78 is 10.5. The molecule has 3 rings (SSSR count). The molecule has 2 fully saturated rings. The summed E-state index contributed by atoms with van der Waals surface area (Å²) in [5, 5.41) is 7.37. The minimum Gasteiger partial charge on any atom is -0.375 e. The number of hydrogen-bond acceptors (Lipinski definition) is 7. The number of nitrogens with zero attached hydrogens (tertiary/aromatic N) is 4. The van der Waals surface area contributed by atoms with Crippen LogP contribution in [0.15, 0.2) is 4.52 Å². The summed E-state index contributed by atoms with van der Waals surface area (Å²) in [6.45, 7) is 8.85.